The molecule has 0 bridgehead atoms. The fraction of sp³-hybridized carbons (Fsp3) is 0.500. The second kappa shape index (κ2) is 4.22. The first-order valence-electron chi connectivity index (χ1n) is 5.65. The van der Waals surface area contributed by atoms with Crippen LogP contribution in [-0.2, 0) is 0 Å². The largest absolute Gasteiger partial charge is 0.327 e. The molecule has 4 heteroatoms. The molecule has 2 unspecified atom stereocenters. The summed E-state index contributed by atoms with van der Waals surface area (Å²) in [5.41, 5.74) is 7.96. The summed E-state index contributed by atoms with van der Waals surface area (Å²) in [5.74, 6) is 0.776. The van der Waals surface area contributed by atoms with Crippen LogP contribution in [0.25, 0.3) is 5.65 Å². The molecule has 0 aliphatic heterocycles. The van der Waals surface area contributed by atoms with Crippen molar-refractivity contribution in [3.05, 3.63) is 30.2 Å². The zero-order valence-corrected chi connectivity index (χ0v) is 9.96. The number of fused-ring (bicyclic) bond motifs is 1. The Kier molecular flexibility index (Phi) is 2.92. The minimum atomic E-state index is 0.109. The smallest absolute Gasteiger partial charge is 0.155 e. The van der Waals surface area contributed by atoms with Crippen LogP contribution in [-0.4, -0.2) is 20.6 Å². The Morgan fingerprint density at radius 2 is 2.00 bits per heavy atom. The van der Waals surface area contributed by atoms with Gasteiger partial charge in [-0.05, 0) is 18.9 Å². The van der Waals surface area contributed by atoms with E-state index in [9.17, 15) is 0 Å². The monoisotopic (exact) mass is 218 g/mol. The van der Waals surface area contributed by atoms with E-state index in [-0.39, 0.29) is 6.04 Å². The lowest BCUT2D eigenvalue weighted by Gasteiger charge is -2.24. The zero-order chi connectivity index (χ0) is 11.7. The summed E-state index contributed by atoms with van der Waals surface area (Å²) in [6, 6.07) is 4.02. The summed E-state index contributed by atoms with van der Waals surface area (Å²) in [5, 5.41) is 4.13. The van der Waals surface area contributed by atoms with Gasteiger partial charge in [0.2, 0.25) is 0 Å². The van der Waals surface area contributed by atoms with E-state index in [2.05, 4.69) is 23.9 Å². The van der Waals surface area contributed by atoms with Crippen molar-refractivity contribution >= 4 is 5.65 Å². The maximum absolute atomic E-state index is 6.03. The first-order valence-corrected chi connectivity index (χ1v) is 5.65. The molecule has 4 nitrogen and oxygen atoms in total. The van der Waals surface area contributed by atoms with Crippen molar-refractivity contribution in [3.8, 4) is 0 Å². The molecule has 2 atom stereocenters. The molecule has 0 aliphatic carbocycles. The Bertz CT molecular complexity index is 465. The SMILES string of the molecule is CC(C)C(c1ccn2nccc2n1)C(C)N. The molecule has 2 rings (SSSR count). The fourth-order valence-corrected chi connectivity index (χ4v) is 2.23. The van der Waals surface area contributed by atoms with Crippen LogP contribution in [0, 0.1) is 5.92 Å². The maximum atomic E-state index is 6.03. The highest BCUT2D eigenvalue weighted by Gasteiger charge is 2.21. The second-order valence-corrected chi connectivity index (χ2v) is 4.62. The van der Waals surface area contributed by atoms with Crippen molar-refractivity contribution < 1.29 is 0 Å². The predicted octanol–water partition coefficient (Wildman–Crippen LogP) is 1.82. The van der Waals surface area contributed by atoms with Crippen LogP contribution in [0.15, 0.2) is 24.5 Å². The number of nitrogens with zero attached hydrogens (tertiary/aromatic N) is 3. The van der Waals surface area contributed by atoms with Crippen LogP contribution < -0.4 is 5.73 Å². The molecule has 16 heavy (non-hydrogen) atoms. The predicted molar refractivity (Wildman–Crippen MR) is 64.2 cm³/mol. The van der Waals surface area contributed by atoms with Gasteiger partial charge in [0.1, 0.15) is 0 Å². The van der Waals surface area contributed by atoms with E-state index in [1.807, 2.05) is 25.3 Å². The molecular weight excluding hydrogens is 200 g/mol. The van der Waals surface area contributed by atoms with Crippen molar-refractivity contribution in [2.45, 2.75) is 32.7 Å². The normalized spacial score (nSPS) is 15.6. The Morgan fingerprint density at radius 3 is 2.62 bits per heavy atom. The summed E-state index contributed by atoms with van der Waals surface area (Å²) in [6.45, 7) is 6.39. The van der Waals surface area contributed by atoms with Gasteiger partial charge in [-0.1, -0.05) is 13.8 Å². The molecule has 86 valence electrons. The van der Waals surface area contributed by atoms with Crippen LogP contribution in [0.1, 0.15) is 32.4 Å². The van der Waals surface area contributed by atoms with Crippen molar-refractivity contribution in [1.82, 2.24) is 14.6 Å². The summed E-state index contributed by atoms with van der Waals surface area (Å²) in [4.78, 5) is 4.60. The van der Waals surface area contributed by atoms with Gasteiger partial charge < -0.3 is 5.73 Å². The Morgan fingerprint density at radius 1 is 1.25 bits per heavy atom. The molecule has 0 aromatic carbocycles. The van der Waals surface area contributed by atoms with Gasteiger partial charge in [0.15, 0.2) is 5.65 Å². The van der Waals surface area contributed by atoms with Crippen LogP contribution in [0.3, 0.4) is 0 Å². The van der Waals surface area contributed by atoms with Gasteiger partial charge in [-0.15, -0.1) is 0 Å². The molecule has 0 saturated heterocycles. The third-order valence-corrected chi connectivity index (χ3v) is 2.91. The van der Waals surface area contributed by atoms with Crippen LogP contribution in [0.4, 0.5) is 0 Å². The molecule has 2 aromatic rings. The number of nitrogens with two attached hydrogens (primary N) is 1. The summed E-state index contributed by atoms with van der Waals surface area (Å²) < 4.78 is 1.77. The van der Waals surface area contributed by atoms with Gasteiger partial charge in [-0.2, -0.15) is 5.10 Å². The van der Waals surface area contributed by atoms with Gasteiger partial charge in [-0.25, -0.2) is 9.50 Å². The number of aromatic nitrogens is 3. The van der Waals surface area contributed by atoms with Crippen molar-refractivity contribution in [1.29, 1.82) is 0 Å². The van der Waals surface area contributed by atoms with E-state index in [4.69, 9.17) is 5.73 Å². The first kappa shape index (κ1) is 11.1. The van der Waals surface area contributed by atoms with Crippen molar-refractivity contribution in [3.63, 3.8) is 0 Å². The molecule has 2 heterocycles. The maximum Gasteiger partial charge on any atom is 0.155 e. The quantitative estimate of drug-likeness (QED) is 0.855. The molecule has 2 N–H and O–H groups in total. The number of hydrogen-bond donors (Lipinski definition) is 1. The lowest BCUT2D eigenvalue weighted by atomic mass is 9.87. The third kappa shape index (κ3) is 1.93. The molecular formula is C12H18N4. The van der Waals surface area contributed by atoms with E-state index >= 15 is 0 Å². The summed E-state index contributed by atoms with van der Waals surface area (Å²) in [6.07, 6.45) is 3.69. The average molecular weight is 218 g/mol. The van der Waals surface area contributed by atoms with Gasteiger partial charge in [0, 0.05) is 29.9 Å². The van der Waals surface area contributed by atoms with Crippen molar-refractivity contribution in [2.75, 3.05) is 0 Å². The topological polar surface area (TPSA) is 56.2 Å². The van der Waals surface area contributed by atoms with Gasteiger partial charge in [-0.3, -0.25) is 0 Å². The first-order chi connectivity index (χ1) is 7.59. The van der Waals surface area contributed by atoms with Crippen LogP contribution in [0.2, 0.25) is 0 Å². The van der Waals surface area contributed by atoms with Crippen LogP contribution in [0.5, 0.6) is 0 Å². The highest BCUT2D eigenvalue weighted by Crippen LogP contribution is 2.25. The van der Waals surface area contributed by atoms with Gasteiger partial charge in [0.05, 0.1) is 6.20 Å². The fourth-order valence-electron chi connectivity index (χ4n) is 2.23. The van der Waals surface area contributed by atoms with Gasteiger partial charge >= 0.3 is 0 Å². The molecule has 0 amide bonds. The standard InChI is InChI=1S/C12H18N4/c1-8(2)12(9(3)13)10-5-7-16-11(15-10)4-6-14-16/h4-9,12H,13H2,1-3H3. The molecule has 0 aliphatic rings. The molecule has 0 spiro atoms. The van der Waals surface area contributed by atoms with E-state index in [0.29, 0.717) is 11.8 Å². The van der Waals surface area contributed by atoms with Crippen LogP contribution >= 0.6 is 0 Å². The minimum Gasteiger partial charge on any atom is -0.327 e. The second-order valence-electron chi connectivity index (χ2n) is 4.62. The summed E-state index contributed by atoms with van der Waals surface area (Å²) >= 11 is 0. The Balaban J connectivity index is 2.44. The Labute approximate surface area is 95.5 Å². The lowest BCUT2D eigenvalue weighted by molar-refractivity contribution is 0.427. The van der Waals surface area contributed by atoms with E-state index in [1.54, 1.807) is 10.7 Å². The van der Waals surface area contributed by atoms with E-state index < -0.39 is 0 Å². The van der Waals surface area contributed by atoms with E-state index in [1.165, 1.54) is 0 Å². The molecule has 0 fully saturated rings. The molecule has 0 radical (unpaired) electrons. The average Bonchev–Trinajstić information content (AvgIpc) is 2.63. The number of hydrogen-bond acceptors (Lipinski definition) is 3. The highest BCUT2D eigenvalue weighted by molar-refractivity contribution is 5.37. The number of rotatable bonds is 3. The third-order valence-electron chi connectivity index (χ3n) is 2.91. The van der Waals surface area contributed by atoms with Gasteiger partial charge in [0.25, 0.3) is 0 Å². The Hall–Kier alpha value is -1.42. The highest BCUT2D eigenvalue weighted by atomic mass is 15.2. The summed E-state index contributed by atoms with van der Waals surface area (Å²) in [7, 11) is 0. The minimum absolute atomic E-state index is 0.109. The lowest BCUT2D eigenvalue weighted by Crippen LogP contribution is -2.29. The molecule has 2 aromatic heterocycles. The molecule has 0 saturated carbocycles. The van der Waals surface area contributed by atoms with Crippen molar-refractivity contribution in [2.24, 2.45) is 11.7 Å². The zero-order valence-electron chi connectivity index (χ0n) is 9.96. The van der Waals surface area contributed by atoms with E-state index in [0.717, 1.165) is 11.3 Å².